The lowest BCUT2D eigenvalue weighted by atomic mass is 10.1. The van der Waals surface area contributed by atoms with E-state index >= 15 is 0 Å². The van der Waals surface area contributed by atoms with Crippen LogP contribution in [0.3, 0.4) is 0 Å². The van der Waals surface area contributed by atoms with Gasteiger partial charge < -0.3 is 19.4 Å². The van der Waals surface area contributed by atoms with Gasteiger partial charge in [0.25, 0.3) is 5.91 Å². The van der Waals surface area contributed by atoms with Crippen molar-refractivity contribution in [2.75, 3.05) is 13.2 Å². The molecule has 7 nitrogen and oxygen atoms in total. The summed E-state index contributed by atoms with van der Waals surface area (Å²) in [5.41, 5.74) is 1.99. The molecule has 1 saturated heterocycles. The highest BCUT2D eigenvalue weighted by atomic mass is 16.7. The Morgan fingerprint density at radius 1 is 1.32 bits per heavy atom. The molecule has 3 heterocycles. The van der Waals surface area contributed by atoms with Crippen LogP contribution >= 0.6 is 0 Å². The summed E-state index contributed by atoms with van der Waals surface area (Å²) < 4.78 is 14.0. The molecule has 2 fully saturated rings. The molecular formula is C18H24N4O3. The number of imidazole rings is 1. The fourth-order valence-corrected chi connectivity index (χ4v) is 3.70. The Morgan fingerprint density at radius 2 is 2.12 bits per heavy atom. The maximum atomic E-state index is 12.4. The van der Waals surface area contributed by atoms with Gasteiger partial charge >= 0.3 is 0 Å². The zero-order valence-electron chi connectivity index (χ0n) is 14.5. The van der Waals surface area contributed by atoms with Crippen LogP contribution in [-0.2, 0) is 16.5 Å². The molecule has 0 aromatic carbocycles. The second kappa shape index (κ2) is 6.72. The highest BCUT2D eigenvalue weighted by molar-refractivity contribution is 5.96. The van der Waals surface area contributed by atoms with Crippen molar-refractivity contribution in [3.05, 3.63) is 24.2 Å². The normalized spacial score (nSPS) is 23.0. The standard InChI is InChI=1S/C18H24N4O3/c1-22-12-21-15-8-13(9-19-16(15)22)17(23)20-10-14-11-24-18(25-14)6-4-2-3-5-7-18/h8-9,12,14H,2-7,10-11H2,1H3,(H,20,23)/t14-/m1/s1. The molecule has 25 heavy (non-hydrogen) atoms. The first-order valence-corrected chi connectivity index (χ1v) is 9.02. The van der Waals surface area contributed by atoms with Crippen molar-refractivity contribution in [2.24, 2.45) is 7.05 Å². The van der Waals surface area contributed by atoms with Crippen LogP contribution in [0.2, 0.25) is 0 Å². The number of pyridine rings is 1. The monoisotopic (exact) mass is 344 g/mol. The van der Waals surface area contributed by atoms with Gasteiger partial charge in [0.2, 0.25) is 0 Å². The SMILES string of the molecule is Cn1cnc2cc(C(=O)NC[C@@H]3COC4(CCCCCC4)O3)cnc21. The van der Waals surface area contributed by atoms with Crippen LogP contribution in [0.15, 0.2) is 18.6 Å². The molecule has 0 bridgehead atoms. The molecule has 7 heteroatoms. The number of fused-ring (bicyclic) bond motifs is 1. The maximum absolute atomic E-state index is 12.4. The minimum atomic E-state index is -0.416. The maximum Gasteiger partial charge on any atom is 0.253 e. The van der Waals surface area contributed by atoms with E-state index in [-0.39, 0.29) is 12.0 Å². The van der Waals surface area contributed by atoms with Crippen LogP contribution in [0.4, 0.5) is 0 Å². The summed E-state index contributed by atoms with van der Waals surface area (Å²) in [6.45, 7) is 0.985. The predicted octanol–water partition coefficient (Wildman–Crippen LogP) is 2.16. The first-order valence-electron chi connectivity index (χ1n) is 9.02. The van der Waals surface area contributed by atoms with Crippen molar-refractivity contribution >= 4 is 17.1 Å². The number of nitrogens with one attached hydrogen (secondary N) is 1. The third-order valence-electron chi connectivity index (χ3n) is 5.08. The van der Waals surface area contributed by atoms with Gasteiger partial charge in [0, 0.05) is 32.6 Å². The van der Waals surface area contributed by atoms with E-state index in [1.165, 1.54) is 12.8 Å². The molecule has 134 valence electrons. The summed E-state index contributed by atoms with van der Waals surface area (Å²) in [4.78, 5) is 20.9. The molecule has 1 aliphatic carbocycles. The smallest absolute Gasteiger partial charge is 0.253 e. The van der Waals surface area contributed by atoms with Gasteiger partial charge in [-0.05, 0) is 18.9 Å². The van der Waals surface area contributed by atoms with Crippen LogP contribution < -0.4 is 5.32 Å². The van der Waals surface area contributed by atoms with Crippen LogP contribution in [0.5, 0.6) is 0 Å². The van der Waals surface area contributed by atoms with Crippen molar-refractivity contribution < 1.29 is 14.3 Å². The van der Waals surface area contributed by atoms with Crippen molar-refractivity contribution in [2.45, 2.75) is 50.4 Å². The van der Waals surface area contributed by atoms with Gasteiger partial charge in [-0.1, -0.05) is 12.8 Å². The first-order chi connectivity index (χ1) is 12.2. The van der Waals surface area contributed by atoms with Gasteiger partial charge in [-0.3, -0.25) is 4.79 Å². The number of amides is 1. The van der Waals surface area contributed by atoms with E-state index < -0.39 is 5.79 Å². The van der Waals surface area contributed by atoms with Gasteiger partial charge in [-0.2, -0.15) is 0 Å². The third-order valence-corrected chi connectivity index (χ3v) is 5.08. The number of hydrogen-bond donors (Lipinski definition) is 1. The number of carbonyl (C=O) groups excluding carboxylic acids is 1. The lowest BCUT2D eigenvalue weighted by molar-refractivity contribution is -0.175. The highest BCUT2D eigenvalue weighted by Gasteiger charge is 2.41. The van der Waals surface area contributed by atoms with Crippen LogP contribution in [-0.4, -0.2) is 45.5 Å². The molecule has 2 aliphatic rings. The van der Waals surface area contributed by atoms with Crippen molar-refractivity contribution in [1.82, 2.24) is 19.9 Å². The third kappa shape index (κ3) is 3.39. The van der Waals surface area contributed by atoms with Crippen LogP contribution in [0.25, 0.3) is 11.2 Å². The van der Waals surface area contributed by atoms with Gasteiger partial charge in [-0.15, -0.1) is 0 Å². The largest absolute Gasteiger partial charge is 0.349 e. The molecule has 1 aliphatic heterocycles. The van der Waals surface area contributed by atoms with Crippen LogP contribution in [0, 0.1) is 0 Å². The Morgan fingerprint density at radius 3 is 2.92 bits per heavy atom. The van der Waals surface area contributed by atoms with E-state index in [0.717, 1.165) is 31.3 Å². The molecule has 0 unspecified atom stereocenters. The number of rotatable bonds is 3. The number of nitrogens with zero attached hydrogens (tertiary/aromatic N) is 3. The van der Waals surface area contributed by atoms with Crippen molar-refractivity contribution in [3.8, 4) is 0 Å². The van der Waals surface area contributed by atoms with E-state index in [1.54, 1.807) is 18.6 Å². The number of ether oxygens (including phenoxy) is 2. The summed E-state index contributed by atoms with van der Waals surface area (Å²) in [6.07, 6.45) is 9.89. The minimum absolute atomic E-state index is 0.0893. The lowest BCUT2D eigenvalue weighted by Gasteiger charge is -2.26. The quantitative estimate of drug-likeness (QED) is 0.923. The number of aromatic nitrogens is 3. The zero-order valence-corrected chi connectivity index (χ0v) is 14.5. The molecule has 1 spiro atoms. The van der Waals surface area contributed by atoms with Gasteiger partial charge in [-0.25, -0.2) is 9.97 Å². The highest BCUT2D eigenvalue weighted by Crippen LogP contribution is 2.36. The van der Waals surface area contributed by atoms with E-state index in [2.05, 4.69) is 15.3 Å². The molecule has 1 amide bonds. The van der Waals surface area contributed by atoms with Crippen molar-refractivity contribution in [1.29, 1.82) is 0 Å². The molecular weight excluding hydrogens is 320 g/mol. The Bertz CT molecular complexity index is 765. The first kappa shape index (κ1) is 16.5. The molecule has 2 aromatic rings. The molecule has 0 radical (unpaired) electrons. The summed E-state index contributed by atoms with van der Waals surface area (Å²) >= 11 is 0. The molecule has 1 saturated carbocycles. The van der Waals surface area contributed by atoms with Gasteiger partial charge in [0.1, 0.15) is 11.6 Å². The summed E-state index contributed by atoms with van der Waals surface area (Å²) in [5.74, 6) is -0.578. The van der Waals surface area contributed by atoms with Gasteiger partial charge in [0.15, 0.2) is 11.4 Å². The minimum Gasteiger partial charge on any atom is -0.349 e. The summed E-state index contributed by atoms with van der Waals surface area (Å²) in [6, 6.07) is 1.76. The molecule has 1 atom stereocenters. The van der Waals surface area contributed by atoms with E-state index in [4.69, 9.17) is 9.47 Å². The summed E-state index contributed by atoms with van der Waals surface area (Å²) in [5, 5.41) is 2.93. The fourth-order valence-electron chi connectivity index (χ4n) is 3.70. The van der Waals surface area contributed by atoms with Crippen molar-refractivity contribution in [3.63, 3.8) is 0 Å². The Balaban J connectivity index is 1.35. The lowest BCUT2D eigenvalue weighted by Crippen LogP contribution is -2.36. The Labute approximate surface area is 146 Å². The fraction of sp³-hybridized carbons (Fsp3) is 0.611. The molecule has 4 rings (SSSR count). The van der Waals surface area contributed by atoms with Gasteiger partial charge in [0.05, 0.1) is 18.5 Å². The Kier molecular flexibility index (Phi) is 4.43. The number of carbonyl (C=O) groups is 1. The predicted molar refractivity (Wildman–Crippen MR) is 92.1 cm³/mol. The molecule has 1 N–H and O–H groups in total. The average molecular weight is 344 g/mol. The topological polar surface area (TPSA) is 78.3 Å². The number of aryl methyl sites for hydroxylation is 1. The second-order valence-electron chi connectivity index (χ2n) is 7.01. The van der Waals surface area contributed by atoms with E-state index in [0.29, 0.717) is 24.2 Å². The zero-order chi connectivity index (χ0) is 17.3. The van der Waals surface area contributed by atoms with E-state index in [9.17, 15) is 4.79 Å². The van der Waals surface area contributed by atoms with E-state index in [1.807, 2.05) is 11.6 Å². The van der Waals surface area contributed by atoms with Crippen LogP contribution in [0.1, 0.15) is 48.9 Å². The molecule has 2 aromatic heterocycles. The second-order valence-corrected chi connectivity index (χ2v) is 7.01. The summed E-state index contributed by atoms with van der Waals surface area (Å²) in [7, 11) is 1.88. The Hall–Kier alpha value is -1.99. The average Bonchev–Trinajstić information content (AvgIpc) is 3.11. The number of hydrogen-bond acceptors (Lipinski definition) is 5.